The van der Waals surface area contributed by atoms with Crippen molar-refractivity contribution in [3.05, 3.63) is 0 Å². The lowest BCUT2D eigenvalue weighted by atomic mass is 10.1. The molecule has 1 amide bonds. The zero-order valence-electron chi connectivity index (χ0n) is 14.0. The molecule has 0 fully saturated rings. The van der Waals surface area contributed by atoms with Crippen molar-refractivity contribution in [1.82, 2.24) is 5.32 Å². The molecule has 0 saturated carbocycles. The molecule has 0 heterocycles. The van der Waals surface area contributed by atoms with Crippen molar-refractivity contribution >= 4 is 17.8 Å². The standard InChI is InChI=1S/C14H22F3NO5/c1-12(2,3)22-9(19)7-8(10(20)23-13(4,5)6)18-11(21)14(15,16)17/h8H,7H2,1-6H3,(H,18,21)/t8-/m1/s1. The largest absolute Gasteiger partial charge is 0.471 e. The smallest absolute Gasteiger partial charge is 0.460 e. The first-order chi connectivity index (χ1) is 10.0. The second-order valence-corrected chi connectivity index (χ2v) is 6.85. The van der Waals surface area contributed by atoms with Crippen LogP contribution in [0.25, 0.3) is 0 Å². The number of hydrogen-bond donors (Lipinski definition) is 1. The fourth-order valence-electron chi connectivity index (χ4n) is 1.36. The van der Waals surface area contributed by atoms with Crippen molar-refractivity contribution in [2.24, 2.45) is 0 Å². The van der Waals surface area contributed by atoms with Crippen molar-refractivity contribution in [3.63, 3.8) is 0 Å². The van der Waals surface area contributed by atoms with Crippen LogP contribution in [-0.2, 0) is 23.9 Å². The molecular weight excluding hydrogens is 319 g/mol. The van der Waals surface area contributed by atoms with Gasteiger partial charge in [-0.2, -0.15) is 13.2 Å². The third kappa shape index (κ3) is 9.75. The maximum atomic E-state index is 12.3. The van der Waals surface area contributed by atoms with Crippen molar-refractivity contribution in [2.45, 2.75) is 71.4 Å². The molecule has 9 heteroatoms. The third-order valence-electron chi connectivity index (χ3n) is 2.04. The van der Waals surface area contributed by atoms with Gasteiger partial charge < -0.3 is 14.8 Å². The molecule has 0 aromatic rings. The van der Waals surface area contributed by atoms with Crippen molar-refractivity contribution in [2.75, 3.05) is 0 Å². The minimum Gasteiger partial charge on any atom is -0.460 e. The number of carbonyl (C=O) groups is 3. The third-order valence-corrected chi connectivity index (χ3v) is 2.04. The van der Waals surface area contributed by atoms with Crippen LogP contribution in [0.15, 0.2) is 0 Å². The minimum absolute atomic E-state index is 0.770. The fourth-order valence-corrected chi connectivity index (χ4v) is 1.36. The number of amides is 1. The minimum atomic E-state index is -5.19. The van der Waals surface area contributed by atoms with Gasteiger partial charge in [0.05, 0.1) is 6.42 Å². The maximum absolute atomic E-state index is 12.3. The predicted octanol–water partition coefficient (Wildman–Crippen LogP) is 2.11. The van der Waals surface area contributed by atoms with Crippen LogP contribution < -0.4 is 5.32 Å². The number of ether oxygens (including phenoxy) is 2. The molecule has 0 spiro atoms. The van der Waals surface area contributed by atoms with E-state index in [0.717, 1.165) is 0 Å². The van der Waals surface area contributed by atoms with Crippen LogP contribution in [0.3, 0.4) is 0 Å². The zero-order chi connectivity index (χ0) is 18.6. The first-order valence-corrected chi connectivity index (χ1v) is 6.83. The van der Waals surface area contributed by atoms with Crippen molar-refractivity contribution in [1.29, 1.82) is 0 Å². The van der Waals surface area contributed by atoms with Crippen LogP contribution in [0.1, 0.15) is 48.0 Å². The summed E-state index contributed by atoms with van der Waals surface area (Å²) in [6.45, 7) is 9.17. The molecule has 23 heavy (non-hydrogen) atoms. The van der Waals surface area contributed by atoms with Gasteiger partial charge in [-0.1, -0.05) is 0 Å². The highest BCUT2D eigenvalue weighted by molar-refractivity contribution is 5.90. The van der Waals surface area contributed by atoms with Crippen LogP contribution in [0.2, 0.25) is 0 Å². The number of hydrogen-bond acceptors (Lipinski definition) is 5. The van der Waals surface area contributed by atoms with Crippen molar-refractivity contribution in [3.8, 4) is 0 Å². The Hall–Kier alpha value is -1.80. The predicted molar refractivity (Wildman–Crippen MR) is 74.3 cm³/mol. The Labute approximate surface area is 132 Å². The lowest BCUT2D eigenvalue weighted by molar-refractivity contribution is -0.178. The molecule has 0 saturated heterocycles. The number of alkyl halides is 3. The quantitative estimate of drug-likeness (QED) is 0.792. The molecule has 0 rings (SSSR count). The van der Waals surface area contributed by atoms with E-state index in [-0.39, 0.29) is 0 Å². The molecule has 1 N–H and O–H groups in total. The molecular formula is C14H22F3NO5. The van der Waals surface area contributed by atoms with Crippen LogP contribution in [0.5, 0.6) is 0 Å². The van der Waals surface area contributed by atoms with Gasteiger partial charge in [-0.05, 0) is 41.5 Å². The summed E-state index contributed by atoms with van der Waals surface area (Å²) in [7, 11) is 0. The lowest BCUT2D eigenvalue weighted by Crippen LogP contribution is -2.50. The molecule has 0 aromatic carbocycles. The van der Waals surface area contributed by atoms with Gasteiger partial charge in [-0.15, -0.1) is 0 Å². The molecule has 6 nitrogen and oxygen atoms in total. The van der Waals surface area contributed by atoms with Crippen LogP contribution in [0, 0.1) is 0 Å². The fraction of sp³-hybridized carbons (Fsp3) is 0.786. The molecule has 0 bridgehead atoms. The summed E-state index contributed by atoms with van der Waals surface area (Å²) in [5.74, 6) is -4.42. The molecule has 0 aliphatic heterocycles. The number of carbonyl (C=O) groups excluding carboxylic acids is 3. The van der Waals surface area contributed by atoms with E-state index in [1.165, 1.54) is 26.1 Å². The summed E-state index contributed by atoms with van der Waals surface area (Å²) < 4.78 is 46.9. The topological polar surface area (TPSA) is 81.7 Å². The van der Waals surface area contributed by atoms with Gasteiger partial charge in [0.15, 0.2) is 0 Å². The Morgan fingerprint density at radius 2 is 1.35 bits per heavy atom. The molecule has 0 aromatic heterocycles. The first kappa shape index (κ1) is 21.2. The molecule has 1 atom stereocenters. The van der Waals surface area contributed by atoms with E-state index in [0.29, 0.717) is 0 Å². The van der Waals surface area contributed by atoms with Crippen molar-refractivity contribution < 1.29 is 37.0 Å². The number of esters is 2. The molecule has 0 unspecified atom stereocenters. The highest BCUT2D eigenvalue weighted by Gasteiger charge is 2.42. The highest BCUT2D eigenvalue weighted by atomic mass is 19.4. The van der Waals surface area contributed by atoms with E-state index in [1.54, 1.807) is 20.8 Å². The summed E-state index contributed by atoms with van der Waals surface area (Å²) >= 11 is 0. The van der Waals surface area contributed by atoms with Gasteiger partial charge in [0.2, 0.25) is 0 Å². The van der Waals surface area contributed by atoms with E-state index >= 15 is 0 Å². The van der Waals surface area contributed by atoms with Gasteiger partial charge in [0.25, 0.3) is 0 Å². The van der Waals surface area contributed by atoms with Crippen LogP contribution in [-0.4, -0.2) is 41.3 Å². The van der Waals surface area contributed by atoms with E-state index in [9.17, 15) is 27.6 Å². The van der Waals surface area contributed by atoms with Crippen LogP contribution in [0.4, 0.5) is 13.2 Å². The molecule has 134 valence electrons. The summed E-state index contributed by atoms with van der Waals surface area (Å²) in [5, 5.41) is 1.46. The normalized spacial score (nSPS) is 14.0. The Bertz CT molecular complexity index is 461. The molecule has 0 aliphatic carbocycles. The number of halogens is 3. The average molecular weight is 341 g/mol. The lowest BCUT2D eigenvalue weighted by Gasteiger charge is -2.26. The van der Waals surface area contributed by atoms with E-state index in [1.807, 2.05) is 0 Å². The summed E-state index contributed by atoms with van der Waals surface area (Å²) in [4.78, 5) is 34.6. The summed E-state index contributed by atoms with van der Waals surface area (Å²) in [6, 6.07) is -1.79. The molecule has 0 aliphatic rings. The van der Waals surface area contributed by atoms with E-state index in [4.69, 9.17) is 9.47 Å². The Kier molecular flexibility index (Phi) is 6.62. The number of rotatable bonds is 4. The highest BCUT2D eigenvalue weighted by Crippen LogP contribution is 2.17. The SMILES string of the molecule is CC(C)(C)OC(=O)C[C@@H](NC(=O)C(F)(F)F)C(=O)OC(C)(C)C. The van der Waals surface area contributed by atoms with Gasteiger partial charge in [0.1, 0.15) is 17.2 Å². The summed E-state index contributed by atoms with van der Waals surface area (Å²) in [5.41, 5.74) is -1.88. The Morgan fingerprint density at radius 1 is 0.913 bits per heavy atom. The van der Waals surface area contributed by atoms with E-state index < -0.39 is 47.7 Å². The van der Waals surface area contributed by atoms with Gasteiger partial charge in [-0.25, -0.2) is 4.79 Å². The second-order valence-electron chi connectivity index (χ2n) is 6.85. The Balaban J connectivity index is 5.11. The zero-order valence-corrected chi connectivity index (χ0v) is 14.0. The van der Waals surface area contributed by atoms with Gasteiger partial charge in [-0.3, -0.25) is 9.59 Å². The monoisotopic (exact) mass is 341 g/mol. The van der Waals surface area contributed by atoms with E-state index in [2.05, 4.69) is 0 Å². The van der Waals surface area contributed by atoms with Gasteiger partial charge in [0, 0.05) is 0 Å². The average Bonchev–Trinajstić information content (AvgIpc) is 2.21. The second kappa shape index (κ2) is 7.18. The number of nitrogens with one attached hydrogen (secondary N) is 1. The summed E-state index contributed by atoms with van der Waals surface area (Å²) in [6.07, 6.45) is -5.96. The maximum Gasteiger partial charge on any atom is 0.471 e. The van der Waals surface area contributed by atoms with Crippen LogP contribution >= 0.6 is 0 Å². The molecule has 0 radical (unpaired) electrons. The van der Waals surface area contributed by atoms with Gasteiger partial charge >= 0.3 is 24.0 Å². The Morgan fingerprint density at radius 3 is 1.70 bits per heavy atom. The first-order valence-electron chi connectivity index (χ1n) is 6.83.